The first-order valence-corrected chi connectivity index (χ1v) is 12.2. The van der Waals surface area contributed by atoms with Gasteiger partial charge in [0.05, 0.1) is 40.0 Å². The molecule has 0 unspecified atom stereocenters. The number of benzene rings is 2. The van der Waals surface area contributed by atoms with E-state index < -0.39 is 17.2 Å². The largest absolute Gasteiger partial charge is 0.468 e. The number of aromatic nitrogens is 1. The van der Waals surface area contributed by atoms with Crippen molar-refractivity contribution in [2.45, 2.75) is 5.92 Å². The Hall–Kier alpha value is -4.89. The first-order chi connectivity index (χ1) is 18.1. The summed E-state index contributed by atoms with van der Waals surface area (Å²) < 4.78 is 22.9. The van der Waals surface area contributed by atoms with Crippen molar-refractivity contribution >= 4 is 38.8 Å². The summed E-state index contributed by atoms with van der Waals surface area (Å²) in [5, 5.41) is 3.61. The van der Waals surface area contributed by atoms with Crippen LogP contribution in [0.15, 0.2) is 107 Å². The Bertz CT molecular complexity index is 1980. The topological polar surface area (TPSA) is 122 Å². The maximum atomic E-state index is 13.2. The lowest BCUT2D eigenvalue weighted by Gasteiger charge is -2.26. The van der Waals surface area contributed by atoms with E-state index in [1.165, 1.54) is 17.6 Å². The summed E-state index contributed by atoms with van der Waals surface area (Å²) in [6.45, 7) is 0. The number of furan rings is 1. The van der Waals surface area contributed by atoms with Gasteiger partial charge in [0.25, 0.3) is 0 Å². The van der Waals surface area contributed by atoms with Crippen molar-refractivity contribution in [2.75, 3.05) is 0 Å². The molecule has 0 saturated carbocycles. The molecule has 8 nitrogen and oxygen atoms in total. The standard InChI is InChI=1S/C28H16N2O6S/c29-25-23(26-30-17(13-37-26)16-12-14-6-1-3-8-18(14)34-27(16)31)21(20-10-5-11-33-20)22-24(36-25)15-7-2-4-9-19(15)35-28(22)32/h1-13,21H,29H2/t21-/m0/s1. The van der Waals surface area contributed by atoms with Crippen LogP contribution in [0, 0.1) is 0 Å². The average Bonchev–Trinajstić information content (AvgIpc) is 3.60. The van der Waals surface area contributed by atoms with Crippen molar-refractivity contribution in [3.05, 3.63) is 121 Å². The molecular formula is C28H16N2O6S. The van der Waals surface area contributed by atoms with E-state index in [9.17, 15) is 9.59 Å². The van der Waals surface area contributed by atoms with Crippen molar-refractivity contribution < 1.29 is 18.0 Å². The van der Waals surface area contributed by atoms with Crippen LogP contribution < -0.4 is 21.7 Å². The van der Waals surface area contributed by atoms with Crippen LogP contribution in [0.2, 0.25) is 0 Å². The second kappa shape index (κ2) is 8.07. The molecule has 0 spiro atoms. The number of para-hydroxylation sites is 2. The van der Waals surface area contributed by atoms with Gasteiger partial charge in [0.15, 0.2) is 11.6 Å². The first-order valence-electron chi connectivity index (χ1n) is 11.3. The molecule has 6 aromatic rings. The lowest BCUT2D eigenvalue weighted by atomic mass is 9.87. The molecule has 2 N–H and O–H groups in total. The average molecular weight is 509 g/mol. The molecule has 0 bridgehead atoms. The number of allylic oxidation sites excluding steroid dienone is 1. The molecule has 0 fully saturated rings. The fourth-order valence-corrected chi connectivity index (χ4v) is 5.58. The minimum absolute atomic E-state index is 0.0797. The molecule has 180 valence electrons. The van der Waals surface area contributed by atoms with Gasteiger partial charge in [0, 0.05) is 10.8 Å². The fourth-order valence-electron chi connectivity index (χ4n) is 4.68. The van der Waals surface area contributed by atoms with Crippen LogP contribution >= 0.6 is 11.3 Å². The Balaban J connectivity index is 1.42. The van der Waals surface area contributed by atoms with E-state index in [-0.39, 0.29) is 11.4 Å². The number of hydrogen-bond acceptors (Lipinski definition) is 9. The molecule has 0 aliphatic carbocycles. The zero-order valence-electron chi connectivity index (χ0n) is 19.0. The third-order valence-electron chi connectivity index (χ3n) is 6.33. The zero-order chi connectivity index (χ0) is 25.1. The third-order valence-corrected chi connectivity index (χ3v) is 7.21. The van der Waals surface area contributed by atoms with Crippen LogP contribution in [0.4, 0.5) is 0 Å². The van der Waals surface area contributed by atoms with Gasteiger partial charge >= 0.3 is 11.3 Å². The zero-order valence-corrected chi connectivity index (χ0v) is 19.8. The molecule has 7 rings (SSSR count). The summed E-state index contributed by atoms with van der Waals surface area (Å²) in [4.78, 5) is 30.7. The quantitative estimate of drug-likeness (QED) is 0.313. The highest BCUT2D eigenvalue weighted by Gasteiger charge is 2.39. The Morgan fingerprint density at radius 3 is 2.51 bits per heavy atom. The van der Waals surface area contributed by atoms with Gasteiger partial charge in [-0.15, -0.1) is 11.3 Å². The third kappa shape index (κ3) is 3.32. The molecule has 9 heteroatoms. The number of thiazole rings is 1. The molecule has 1 atom stereocenters. The Morgan fingerprint density at radius 1 is 0.892 bits per heavy atom. The van der Waals surface area contributed by atoms with Crippen molar-refractivity contribution in [2.24, 2.45) is 5.73 Å². The van der Waals surface area contributed by atoms with Crippen LogP contribution in [-0.4, -0.2) is 4.98 Å². The Kier molecular flexibility index (Phi) is 4.67. The monoisotopic (exact) mass is 508 g/mol. The molecule has 5 heterocycles. The molecule has 37 heavy (non-hydrogen) atoms. The van der Waals surface area contributed by atoms with Gasteiger partial charge in [-0.2, -0.15) is 0 Å². The van der Waals surface area contributed by atoms with Crippen molar-refractivity contribution in [1.82, 2.24) is 4.98 Å². The van der Waals surface area contributed by atoms with Crippen molar-refractivity contribution in [3.8, 4) is 17.0 Å². The number of nitrogens with zero attached hydrogens (tertiary/aromatic N) is 1. The number of fused-ring (bicyclic) bond motifs is 4. The van der Waals surface area contributed by atoms with E-state index in [4.69, 9.17) is 28.7 Å². The van der Waals surface area contributed by atoms with Crippen LogP contribution in [0.1, 0.15) is 22.2 Å². The maximum absolute atomic E-state index is 13.2. The minimum Gasteiger partial charge on any atom is -0.468 e. The SMILES string of the molecule is NC1=C(c2nc(-c3cc4ccccc4oc3=O)cs2)[C@@H](c2ccco2)c2c(c3ccccc3oc2=O)O1. The number of nitrogens with two attached hydrogens (primary N) is 1. The molecule has 0 radical (unpaired) electrons. The van der Waals surface area contributed by atoms with Gasteiger partial charge in [-0.1, -0.05) is 30.3 Å². The number of hydrogen-bond donors (Lipinski definition) is 1. The highest BCUT2D eigenvalue weighted by molar-refractivity contribution is 7.11. The lowest BCUT2D eigenvalue weighted by Crippen LogP contribution is -2.26. The highest BCUT2D eigenvalue weighted by atomic mass is 32.1. The molecular weight excluding hydrogens is 492 g/mol. The summed E-state index contributed by atoms with van der Waals surface area (Å²) in [5.74, 6) is 0.149. The van der Waals surface area contributed by atoms with Gasteiger partial charge in [0.2, 0.25) is 0 Å². The summed E-state index contributed by atoms with van der Waals surface area (Å²) >= 11 is 1.27. The number of ether oxygens (including phenoxy) is 1. The predicted octanol–water partition coefficient (Wildman–Crippen LogP) is 5.47. The molecule has 0 amide bonds. The van der Waals surface area contributed by atoms with Gasteiger partial charge in [-0.3, -0.25) is 0 Å². The van der Waals surface area contributed by atoms with Gasteiger partial charge < -0.3 is 23.7 Å². The predicted molar refractivity (Wildman–Crippen MR) is 138 cm³/mol. The van der Waals surface area contributed by atoms with Crippen molar-refractivity contribution in [3.63, 3.8) is 0 Å². The smallest absolute Gasteiger partial charge is 0.345 e. The summed E-state index contributed by atoms with van der Waals surface area (Å²) in [5.41, 5.74) is 7.76. The molecule has 1 aliphatic rings. The van der Waals surface area contributed by atoms with Gasteiger partial charge in [-0.25, -0.2) is 14.6 Å². The Labute approximate surface area is 211 Å². The normalized spacial score (nSPS) is 15.2. The van der Waals surface area contributed by atoms with E-state index in [0.29, 0.717) is 49.9 Å². The first kappa shape index (κ1) is 21.4. The fraction of sp³-hybridized carbons (Fsp3) is 0.0357. The summed E-state index contributed by atoms with van der Waals surface area (Å²) in [6.07, 6.45) is 1.52. The van der Waals surface area contributed by atoms with Crippen molar-refractivity contribution in [1.29, 1.82) is 0 Å². The van der Waals surface area contributed by atoms with Crippen LogP contribution in [0.25, 0.3) is 38.8 Å². The summed E-state index contributed by atoms with van der Waals surface area (Å²) in [7, 11) is 0. The second-order valence-corrected chi connectivity index (χ2v) is 9.34. The van der Waals surface area contributed by atoms with E-state index in [0.717, 1.165) is 5.39 Å². The van der Waals surface area contributed by atoms with E-state index in [1.807, 2.05) is 18.2 Å². The number of rotatable bonds is 3. The van der Waals surface area contributed by atoms with E-state index in [2.05, 4.69) is 0 Å². The van der Waals surface area contributed by atoms with Gasteiger partial charge in [0.1, 0.15) is 21.9 Å². The van der Waals surface area contributed by atoms with E-state index in [1.54, 1.807) is 53.9 Å². The molecule has 1 aliphatic heterocycles. The highest BCUT2D eigenvalue weighted by Crippen LogP contribution is 2.48. The maximum Gasteiger partial charge on any atom is 0.345 e. The lowest BCUT2D eigenvalue weighted by molar-refractivity contribution is 0.390. The molecule has 0 saturated heterocycles. The van der Waals surface area contributed by atoms with E-state index >= 15 is 0 Å². The second-order valence-electron chi connectivity index (χ2n) is 8.48. The summed E-state index contributed by atoms with van der Waals surface area (Å²) in [6, 6.07) is 19.6. The van der Waals surface area contributed by atoms with Gasteiger partial charge in [-0.05, 0) is 36.4 Å². The minimum atomic E-state index is -0.730. The van der Waals surface area contributed by atoms with Crippen LogP contribution in [-0.2, 0) is 0 Å². The molecule has 2 aromatic carbocycles. The Morgan fingerprint density at radius 2 is 1.68 bits per heavy atom. The molecule has 4 aromatic heterocycles. The van der Waals surface area contributed by atoms with Crippen LogP contribution in [0.3, 0.4) is 0 Å². The van der Waals surface area contributed by atoms with Crippen LogP contribution in [0.5, 0.6) is 5.75 Å².